The van der Waals surface area contributed by atoms with Crippen LogP contribution >= 0.6 is 11.6 Å². The molecule has 0 saturated carbocycles. The molecule has 0 atom stereocenters. The highest BCUT2D eigenvalue weighted by atomic mass is 35.5. The Morgan fingerprint density at radius 2 is 2.05 bits per heavy atom. The van der Waals surface area contributed by atoms with Gasteiger partial charge in [0.2, 0.25) is 5.65 Å². The molecule has 0 aliphatic rings. The van der Waals surface area contributed by atoms with Gasteiger partial charge in [-0.05, 0) is 24.1 Å². The summed E-state index contributed by atoms with van der Waals surface area (Å²) in [6, 6.07) is 7.84. The summed E-state index contributed by atoms with van der Waals surface area (Å²) in [7, 11) is 0. The van der Waals surface area contributed by atoms with Crippen LogP contribution in [0.3, 0.4) is 0 Å². The van der Waals surface area contributed by atoms with E-state index in [9.17, 15) is 0 Å². The number of rotatable bonds is 4. The van der Waals surface area contributed by atoms with Gasteiger partial charge in [-0.2, -0.15) is 0 Å². The summed E-state index contributed by atoms with van der Waals surface area (Å²) in [5.74, 6) is 0.744. The molecule has 1 N–H and O–H groups in total. The maximum atomic E-state index is 5.85. The molecule has 3 rings (SSSR count). The number of hydrogen-bond acceptors (Lipinski definition) is 4. The SMILES string of the molecule is Clc1ccc(CCNc2nccn3cnnc23)cc1. The van der Waals surface area contributed by atoms with Gasteiger partial charge in [-0.25, -0.2) is 4.98 Å². The van der Waals surface area contributed by atoms with E-state index in [1.807, 2.05) is 34.9 Å². The molecule has 0 aliphatic carbocycles. The second kappa shape index (κ2) is 5.24. The third kappa shape index (κ3) is 2.66. The van der Waals surface area contributed by atoms with E-state index >= 15 is 0 Å². The van der Waals surface area contributed by atoms with Crippen LogP contribution in [-0.4, -0.2) is 26.1 Å². The Hall–Kier alpha value is -2.14. The first-order valence-electron chi connectivity index (χ1n) is 5.95. The summed E-state index contributed by atoms with van der Waals surface area (Å²) in [5.41, 5.74) is 1.96. The average Bonchev–Trinajstić information content (AvgIpc) is 2.90. The molecule has 0 bridgehead atoms. The molecular weight excluding hydrogens is 262 g/mol. The van der Waals surface area contributed by atoms with Crippen molar-refractivity contribution in [2.24, 2.45) is 0 Å². The maximum Gasteiger partial charge on any atom is 0.203 e. The van der Waals surface area contributed by atoms with Crippen LogP contribution in [0.25, 0.3) is 5.65 Å². The van der Waals surface area contributed by atoms with Crippen LogP contribution in [0.5, 0.6) is 0 Å². The number of benzene rings is 1. The monoisotopic (exact) mass is 273 g/mol. The van der Waals surface area contributed by atoms with Crippen molar-refractivity contribution < 1.29 is 0 Å². The third-order valence-corrected chi connectivity index (χ3v) is 3.09. The zero-order valence-corrected chi connectivity index (χ0v) is 10.9. The van der Waals surface area contributed by atoms with Gasteiger partial charge >= 0.3 is 0 Å². The topological polar surface area (TPSA) is 55.1 Å². The smallest absolute Gasteiger partial charge is 0.203 e. The molecule has 0 radical (unpaired) electrons. The fourth-order valence-corrected chi connectivity index (χ4v) is 1.99. The van der Waals surface area contributed by atoms with Gasteiger partial charge in [-0.15, -0.1) is 10.2 Å². The molecule has 0 unspecified atom stereocenters. The van der Waals surface area contributed by atoms with Gasteiger partial charge in [0, 0.05) is 24.0 Å². The standard InChI is InChI=1S/C13H12ClN5/c14-11-3-1-10(2-4-11)5-6-15-12-13-18-17-9-19(13)8-7-16-12/h1-4,7-9H,5-6H2,(H,15,16). The zero-order chi connectivity index (χ0) is 13.1. The summed E-state index contributed by atoms with van der Waals surface area (Å²) < 4.78 is 1.83. The van der Waals surface area contributed by atoms with E-state index in [-0.39, 0.29) is 0 Å². The molecule has 0 aliphatic heterocycles. The predicted molar refractivity (Wildman–Crippen MR) is 74.4 cm³/mol. The average molecular weight is 274 g/mol. The van der Waals surface area contributed by atoms with Gasteiger partial charge in [0.1, 0.15) is 6.33 Å². The Morgan fingerprint density at radius 3 is 2.89 bits per heavy atom. The molecule has 0 amide bonds. The van der Waals surface area contributed by atoms with Crippen LogP contribution in [-0.2, 0) is 6.42 Å². The van der Waals surface area contributed by atoms with Crippen LogP contribution in [0.1, 0.15) is 5.56 Å². The first-order valence-corrected chi connectivity index (χ1v) is 6.33. The highest BCUT2D eigenvalue weighted by Crippen LogP contribution is 2.12. The number of aromatic nitrogens is 4. The fourth-order valence-electron chi connectivity index (χ4n) is 1.86. The first-order chi connectivity index (χ1) is 9.33. The van der Waals surface area contributed by atoms with Crippen molar-refractivity contribution in [3.05, 3.63) is 53.6 Å². The van der Waals surface area contributed by atoms with Gasteiger partial charge in [0.15, 0.2) is 5.82 Å². The molecule has 2 aromatic heterocycles. The van der Waals surface area contributed by atoms with E-state index in [2.05, 4.69) is 20.5 Å². The highest BCUT2D eigenvalue weighted by Gasteiger charge is 2.03. The van der Waals surface area contributed by atoms with E-state index in [0.717, 1.165) is 29.5 Å². The van der Waals surface area contributed by atoms with Crippen molar-refractivity contribution >= 4 is 23.1 Å². The lowest BCUT2D eigenvalue weighted by molar-refractivity contribution is 0.998. The second-order valence-corrected chi connectivity index (χ2v) is 4.58. The van der Waals surface area contributed by atoms with Gasteiger partial charge in [-0.1, -0.05) is 23.7 Å². The molecule has 0 spiro atoms. The number of halogens is 1. The number of fused-ring (bicyclic) bond motifs is 1. The predicted octanol–water partition coefficient (Wildman–Crippen LogP) is 2.43. The lowest BCUT2D eigenvalue weighted by Crippen LogP contribution is -2.07. The van der Waals surface area contributed by atoms with E-state index in [4.69, 9.17) is 11.6 Å². The third-order valence-electron chi connectivity index (χ3n) is 2.84. The lowest BCUT2D eigenvalue weighted by Gasteiger charge is -2.06. The zero-order valence-electron chi connectivity index (χ0n) is 10.1. The molecule has 2 heterocycles. The summed E-state index contributed by atoms with van der Waals surface area (Å²) >= 11 is 5.85. The van der Waals surface area contributed by atoms with Gasteiger partial charge < -0.3 is 5.32 Å². The van der Waals surface area contributed by atoms with E-state index in [1.54, 1.807) is 12.5 Å². The second-order valence-electron chi connectivity index (χ2n) is 4.14. The summed E-state index contributed by atoms with van der Waals surface area (Å²) in [6.45, 7) is 0.779. The van der Waals surface area contributed by atoms with Crippen molar-refractivity contribution in [1.82, 2.24) is 19.6 Å². The van der Waals surface area contributed by atoms with Crippen LogP contribution in [0.4, 0.5) is 5.82 Å². The van der Waals surface area contributed by atoms with Crippen molar-refractivity contribution in [1.29, 1.82) is 0 Å². The molecule has 96 valence electrons. The highest BCUT2D eigenvalue weighted by molar-refractivity contribution is 6.30. The van der Waals surface area contributed by atoms with Gasteiger partial charge in [0.05, 0.1) is 0 Å². The number of anilines is 1. The maximum absolute atomic E-state index is 5.85. The number of nitrogens with one attached hydrogen (secondary N) is 1. The Bertz CT molecular complexity index is 677. The fraction of sp³-hybridized carbons (Fsp3) is 0.154. The van der Waals surface area contributed by atoms with E-state index < -0.39 is 0 Å². The summed E-state index contributed by atoms with van der Waals surface area (Å²) in [4.78, 5) is 4.27. The minimum Gasteiger partial charge on any atom is -0.367 e. The first kappa shape index (κ1) is 11.9. The minimum atomic E-state index is 0.735. The van der Waals surface area contributed by atoms with E-state index in [1.165, 1.54) is 5.56 Å². The van der Waals surface area contributed by atoms with E-state index in [0.29, 0.717) is 0 Å². The number of nitrogens with zero attached hydrogens (tertiary/aromatic N) is 4. The molecule has 0 fully saturated rings. The van der Waals surface area contributed by atoms with Crippen LogP contribution in [0.2, 0.25) is 5.02 Å². The Morgan fingerprint density at radius 1 is 1.21 bits per heavy atom. The normalized spacial score (nSPS) is 10.8. The van der Waals surface area contributed by atoms with Gasteiger partial charge in [-0.3, -0.25) is 4.40 Å². The van der Waals surface area contributed by atoms with Crippen LogP contribution in [0, 0.1) is 0 Å². The molecule has 5 nitrogen and oxygen atoms in total. The quantitative estimate of drug-likeness (QED) is 0.793. The molecule has 1 aromatic carbocycles. The number of hydrogen-bond donors (Lipinski definition) is 1. The van der Waals surface area contributed by atoms with Gasteiger partial charge in [0.25, 0.3) is 0 Å². The lowest BCUT2D eigenvalue weighted by atomic mass is 10.1. The Labute approximate surface area is 115 Å². The van der Waals surface area contributed by atoms with Crippen molar-refractivity contribution in [3.63, 3.8) is 0 Å². The summed E-state index contributed by atoms with van der Waals surface area (Å²) in [6.07, 6.45) is 6.09. The van der Waals surface area contributed by atoms with Crippen LogP contribution in [0.15, 0.2) is 43.0 Å². The van der Waals surface area contributed by atoms with Crippen molar-refractivity contribution in [2.75, 3.05) is 11.9 Å². The molecule has 6 heteroatoms. The molecule has 0 saturated heterocycles. The molecular formula is C13H12ClN5. The molecule has 3 aromatic rings. The largest absolute Gasteiger partial charge is 0.367 e. The van der Waals surface area contributed by atoms with Crippen molar-refractivity contribution in [3.8, 4) is 0 Å². The Kier molecular flexibility index (Phi) is 3.29. The van der Waals surface area contributed by atoms with Crippen LogP contribution < -0.4 is 5.32 Å². The minimum absolute atomic E-state index is 0.735. The Balaban J connectivity index is 1.66. The summed E-state index contributed by atoms with van der Waals surface area (Å²) in [5, 5.41) is 11.9. The van der Waals surface area contributed by atoms with Crippen molar-refractivity contribution in [2.45, 2.75) is 6.42 Å². The molecule has 19 heavy (non-hydrogen) atoms.